The van der Waals surface area contributed by atoms with Gasteiger partial charge in [-0.2, -0.15) is 0 Å². The van der Waals surface area contributed by atoms with Gasteiger partial charge in [0.25, 0.3) is 0 Å². The third-order valence-corrected chi connectivity index (χ3v) is 4.80. The second kappa shape index (κ2) is 8.06. The molecule has 19 heavy (non-hydrogen) atoms. The molecule has 0 saturated carbocycles. The number of nitrogens with one attached hydrogen (secondary N) is 1. The Kier molecular flexibility index (Phi) is 6.39. The van der Waals surface area contributed by atoms with Crippen molar-refractivity contribution < 1.29 is 0 Å². The first-order valence-corrected chi connectivity index (χ1v) is 8.45. The topological polar surface area (TPSA) is 15.3 Å². The van der Waals surface area contributed by atoms with Crippen molar-refractivity contribution in [3.05, 3.63) is 11.6 Å². The first kappa shape index (κ1) is 15.1. The molecule has 110 valence electrons. The lowest BCUT2D eigenvalue weighted by molar-refractivity contribution is 0.137. The Labute approximate surface area is 119 Å². The van der Waals surface area contributed by atoms with Gasteiger partial charge in [0.2, 0.25) is 0 Å². The summed E-state index contributed by atoms with van der Waals surface area (Å²) in [6, 6.07) is 1.52. The van der Waals surface area contributed by atoms with Gasteiger partial charge >= 0.3 is 0 Å². The van der Waals surface area contributed by atoms with E-state index in [1.807, 2.05) is 0 Å². The van der Waals surface area contributed by atoms with Gasteiger partial charge in [-0.3, -0.25) is 0 Å². The van der Waals surface area contributed by atoms with Crippen LogP contribution < -0.4 is 5.32 Å². The molecule has 2 nitrogen and oxygen atoms in total. The Morgan fingerprint density at radius 3 is 2.95 bits per heavy atom. The Morgan fingerprint density at radius 2 is 2.26 bits per heavy atom. The minimum absolute atomic E-state index is 0.757. The molecular formula is C17H32N2. The predicted molar refractivity (Wildman–Crippen MR) is 83.5 cm³/mol. The van der Waals surface area contributed by atoms with Crippen LogP contribution in [-0.2, 0) is 0 Å². The highest BCUT2D eigenvalue weighted by molar-refractivity contribution is 5.05. The number of hydrogen-bond acceptors (Lipinski definition) is 2. The molecule has 2 rings (SSSR count). The van der Waals surface area contributed by atoms with Crippen LogP contribution in [0.2, 0.25) is 0 Å². The van der Waals surface area contributed by atoms with Crippen LogP contribution >= 0.6 is 0 Å². The zero-order valence-electron chi connectivity index (χ0n) is 13.0. The fourth-order valence-corrected chi connectivity index (χ4v) is 3.51. The summed E-state index contributed by atoms with van der Waals surface area (Å²) in [5, 5.41) is 3.69. The van der Waals surface area contributed by atoms with Gasteiger partial charge in [-0.25, -0.2) is 0 Å². The van der Waals surface area contributed by atoms with E-state index >= 15 is 0 Å². The summed E-state index contributed by atoms with van der Waals surface area (Å²) in [5.41, 5.74) is 1.73. The summed E-state index contributed by atoms with van der Waals surface area (Å²) in [6.07, 6.45) is 13.3. The molecule has 0 aromatic heterocycles. The maximum atomic E-state index is 3.69. The number of rotatable bonds is 6. The molecule has 1 aliphatic heterocycles. The monoisotopic (exact) mass is 264 g/mol. The standard InChI is InChI=1S/C17H32N2/c1-3-11-18-17-10-13-19(15(2)14-17)12-9-16-7-5-4-6-8-16/h7,15,17-18H,3-6,8-14H2,1-2H3. The molecule has 0 aromatic rings. The number of allylic oxidation sites excluding steroid dienone is 1. The number of nitrogens with zero attached hydrogens (tertiary/aromatic N) is 1. The van der Waals surface area contributed by atoms with Crippen molar-refractivity contribution in [3.8, 4) is 0 Å². The van der Waals surface area contributed by atoms with Crippen LogP contribution in [0.15, 0.2) is 11.6 Å². The fraction of sp³-hybridized carbons (Fsp3) is 0.882. The lowest BCUT2D eigenvalue weighted by atomic mass is 9.95. The molecule has 1 N–H and O–H groups in total. The molecular weight excluding hydrogens is 232 g/mol. The van der Waals surface area contributed by atoms with Crippen molar-refractivity contribution in [2.45, 2.75) is 77.3 Å². The van der Waals surface area contributed by atoms with E-state index in [2.05, 4.69) is 30.1 Å². The summed E-state index contributed by atoms with van der Waals surface area (Å²) < 4.78 is 0. The molecule has 0 radical (unpaired) electrons. The number of hydrogen-bond donors (Lipinski definition) is 1. The van der Waals surface area contributed by atoms with Crippen molar-refractivity contribution >= 4 is 0 Å². The Morgan fingerprint density at radius 1 is 1.37 bits per heavy atom. The second-order valence-electron chi connectivity index (χ2n) is 6.42. The second-order valence-corrected chi connectivity index (χ2v) is 6.42. The highest BCUT2D eigenvalue weighted by Gasteiger charge is 2.24. The quantitative estimate of drug-likeness (QED) is 0.735. The van der Waals surface area contributed by atoms with E-state index in [-0.39, 0.29) is 0 Å². The molecule has 1 heterocycles. The first-order chi connectivity index (χ1) is 9.29. The van der Waals surface area contributed by atoms with Gasteiger partial charge in [0.1, 0.15) is 0 Å². The number of likely N-dealkylation sites (tertiary alicyclic amines) is 1. The number of piperidine rings is 1. The highest BCUT2D eigenvalue weighted by Crippen LogP contribution is 2.23. The largest absolute Gasteiger partial charge is 0.314 e. The third kappa shape index (κ3) is 4.92. The average Bonchev–Trinajstić information content (AvgIpc) is 2.45. The average molecular weight is 264 g/mol. The van der Waals surface area contributed by atoms with Crippen LogP contribution in [0, 0.1) is 0 Å². The molecule has 0 amide bonds. The van der Waals surface area contributed by atoms with E-state index in [0.29, 0.717) is 0 Å². The van der Waals surface area contributed by atoms with Crippen molar-refractivity contribution in [1.82, 2.24) is 10.2 Å². The van der Waals surface area contributed by atoms with Crippen LogP contribution in [0.5, 0.6) is 0 Å². The minimum Gasteiger partial charge on any atom is -0.314 e. The summed E-state index contributed by atoms with van der Waals surface area (Å²) in [5.74, 6) is 0. The zero-order chi connectivity index (χ0) is 13.5. The summed E-state index contributed by atoms with van der Waals surface area (Å²) in [4.78, 5) is 2.71. The summed E-state index contributed by atoms with van der Waals surface area (Å²) in [6.45, 7) is 8.42. The van der Waals surface area contributed by atoms with Gasteiger partial charge in [-0.1, -0.05) is 18.6 Å². The Hall–Kier alpha value is -0.340. The lowest BCUT2D eigenvalue weighted by Gasteiger charge is -2.38. The van der Waals surface area contributed by atoms with Crippen LogP contribution in [0.3, 0.4) is 0 Å². The van der Waals surface area contributed by atoms with Crippen molar-refractivity contribution in [1.29, 1.82) is 0 Å². The smallest absolute Gasteiger partial charge is 0.00940 e. The van der Waals surface area contributed by atoms with Gasteiger partial charge in [0.15, 0.2) is 0 Å². The molecule has 1 aliphatic carbocycles. The van der Waals surface area contributed by atoms with Gasteiger partial charge < -0.3 is 10.2 Å². The van der Waals surface area contributed by atoms with Crippen molar-refractivity contribution in [2.75, 3.05) is 19.6 Å². The molecule has 0 aromatic carbocycles. The molecule has 2 unspecified atom stereocenters. The molecule has 2 aliphatic rings. The minimum atomic E-state index is 0.757. The summed E-state index contributed by atoms with van der Waals surface area (Å²) >= 11 is 0. The molecule has 2 heteroatoms. The van der Waals surface area contributed by atoms with Gasteiger partial charge in [0, 0.05) is 18.6 Å². The Balaban J connectivity index is 1.69. The molecule has 0 bridgehead atoms. The highest BCUT2D eigenvalue weighted by atomic mass is 15.2. The van der Waals surface area contributed by atoms with Crippen LogP contribution in [0.25, 0.3) is 0 Å². The van der Waals surface area contributed by atoms with E-state index in [9.17, 15) is 0 Å². The van der Waals surface area contributed by atoms with Crippen LogP contribution in [-0.4, -0.2) is 36.6 Å². The normalized spacial score (nSPS) is 29.3. The predicted octanol–water partition coefficient (Wildman–Crippen LogP) is 3.73. The van der Waals surface area contributed by atoms with Crippen LogP contribution in [0.4, 0.5) is 0 Å². The zero-order valence-corrected chi connectivity index (χ0v) is 13.0. The molecule has 0 spiro atoms. The lowest BCUT2D eigenvalue weighted by Crippen LogP contribution is -2.47. The van der Waals surface area contributed by atoms with E-state index < -0.39 is 0 Å². The van der Waals surface area contributed by atoms with E-state index in [1.165, 1.54) is 71.0 Å². The van der Waals surface area contributed by atoms with Crippen LogP contribution in [0.1, 0.15) is 65.2 Å². The Bertz CT molecular complexity index is 285. The van der Waals surface area contributed by atoms with Gasteiger partial charge in [-0.05, 0) is 71.4 Å². The van der Waals surface area contributed by atoms with E-state index in [1.54, 1.807) is 5.57 Å². The molecule has 2 atom stereocenters. The maximum Gasteiger partial charge on any atom is 0.00940 e. The van der Waals surface area contributed by atoms with E-state index in [0.717, 1.165) is 12.1 Å². The molecule has 1 saturated heterocycles. The summed E-state index contributed by atoms with van der Waals surface area (Å²) in [7, 11) is 0. The molecule has 1 fully saturated rings. The van der Waals surface area contributed by atoms with Gasteiger partial charge in [0.05, 0.1) is 0 Å². The van der Waals surface area contributed by atoms with Gasteiger partial charge in [-0.15, -0.1) is 0 Å². The third-order valence-electron chi connectivity index (χ3n) is 4.80. The van der Waals surface area contributed by atoms with E-state index in [4.69, 9.17) is 0 Å². The fourth-order valence-electron chi connectivity index (χ4n) is 3.51. The maximum absolute atomic E-state index is 3.69. The van der Waals surface area contributed by atoms with Crippen molar-refractivity contribution in [3.63, 3.8) is 0 Å². The SMILES string of the molecule is CCCNC1CCN(CCC2=CCCCC2)C(C)C1. The van der Waals surface area contributed by atoms with Crippen molar-refractivity contribution in [2.24, 2.45) is 0 Å². The first-order valence-electron chi connectivity index (χ1n) is 8.45.